The van der Waals surface area contributed by atoms with Crippen molar-refractivity contribution in [3.8, 4) is 5.75 Å². The zero-order valence-electron chi connectivity index (χ0n) is 20.8. The number of amides is 1. The van der Waals surface area contributed by atoms with Crippen molar-refractivity contribution in [3.63, 3.8) is 0 Å². The van der Waals surface area contributed by atoms with Crippen LogP contribution in [0.5, 0.6) is 5.75 Å². The SMILES string of the molecule is Cc1ccsc1CN(CCCOc1ccc(CC(N)=O)cc1)CC(c1ccccc1)c1ccccc1. The molecular weight excluding hydrogens is 464 g/mol. The van der Waals surface area contributed by atoms with Gasteiger partial charge in [0.2, 0.25) is 5.91 Å². The molecule has 36 heavy (non-hydrogen) atoms. The third kappa shape index (κ3) is 7.54. The quantitative estimate of drug-likeness (QED) is 0.224. The number of aryl methyl sites for hydroxylation is 1. The van der Waals surface area contributed by atoms with Crippen molar-refractivity contribution in [1.82, 2.24) is 4.90 Å². The van der Waals surface area contributed by atoms with Crippen molar-refractivity contribution in [2.75, 3.05) is 19.7 Å². The van der Waals surface area contributed by atoms with Crippen molar-refractivity contribution in [3.05, 3.63) is 124 Å². The van der Waals surface area contributed by atoms with E-state index in [0.29, 0.717) is 12.5 Å². The fourth-order valence-corrected chi connectivity index (χ4v) is 5.37. The minimum Gasteiger partial charge on any atom is -0.494 e. The first-order valence-electron chi connectivity index (χ1n) is 12.4. The van der Waals surface area contributed by atoms with Crippen LogP contribution in [0.15, 0.2) is 96.4 Å². The van der Waals surface area contributed by atoms with E-state index >= 15 is 0 Å². The first kappa shape index (κ1) is 25.7. The van der Waals surface area contributed by atoms with E-state index in [1.807, 2.05) is 35.6 Å². The maximum Gasteiger partial charge on any atom is 0.221 e. The van der Waals surface area contributed by atoms with Crippen LogP contribution in [0.25, 0.3) is 0 Å². The van der Waals surface area contributed by atoms with Gasteiger partial charge >= 0.3 is 0 Å². The molecule has 0 fully saturated rings. The Kier molecular flexibility index (Phi) is 9.31. The lowest BCUT2D eigenvalue weighted by Gasteiger charge is -2.28. The molecule has 1 heterocycles. The summed E-state index contributed by atoms with van der Waals surface area (Å²) in [4.78, 5) is 15.1. The highest BCUT2D eigenvalue weighted by atomic mass is 32.1. The van der Waals surface area contributed by atoms with Crippen LogP contribution in [0.2, 0.25) is 0 Å². The monoisotopic (exact) mass is 498 g/mol. The van der Waals surface area contributed by atoms with Crippen molar-refractivity contribution in [2.24, 2.45) is 5.73 Å². The molecule has 0 aliphatic rings. The maximum atomic E-state index is 11.1. The third-order valence-corrected chi connectivity index (χ3v) is 7.38. The summed E-state index contributed by atoms with van der Waals surface area (Å²) in [7, 11) is 0. The summed E-state index contributed by atoms with van der Waals surface area (Å²) in [6.45, 7) is 5.64. The number of nitrogens with zero attached hydrogens (tertiary/aromatic N) is 1. The molecule has 3 aromatic carbocycles. The van der Waals surface area contributed by atoms with E-state index in [1.165, 1.54) is 21.6 Å². The topological polar surface area (TPSA) is 55.6 Å². The zero-order valence-corrected chi connectivity index (χ0v) is 21.6. The maximum absolute atomic E-state index is 11.1. The number of carbonyl (C=O) groups excluding carboxylic acids is 1. The van der Waals surface area contributed by atoms with Crippen molar-refractivity contribution >= 4 is 17.2 Å². The Morgan fingerprint density at radius 1 is 0.917 bits per heavy atom. The predicted molar refractivity (Wildman–Crippen MR) is 149 cm³/mol. The fourth-order valence-electron chi connectivity index (χ4n) is 4.42. The second kappa shape index (κ2) is 13.1. The largest absolute Gasteiger partial charge is 0.494 e. The minimum atomic E-state index is -0.325. The number of hydrogen-bond acceptors (Lipinski definition) is 4. The molecule has 0 aliphatic heterocycles. The molecule has 1 amide bonds. The Balaban J connectivity index is 1.43. The molecule has 0 saturated carbocycles. The first-order valence-corrected chi connectivity index (χ1v) is 13.3. The van der Waals surface area contributed by atoms with Crippen LogP contribution in [0.1, 0.15) is 39.5 Å². The van der Waals surface area contributed by atoms with E-state index in [4.69, 9.17) is 10.5 Å². The van der Waals surface area contributed by atoms with Crippen molar-refractivity contribution in [2.45, 2.75) is 32.2 Å². The molecule has 186 valence electrons. The molecule has 0 aliphatic carbocycles. The van der Waals surface area contributed by atoms with Gasteiger partial charge in [0, 0.05) is 30.4 Å². The molecule has 4 aromatic rings. The molecule has 4 nitrogen and oxygen atoms in total. The van der Waals surface area contributed by atoms with Gasteiger partial charge in [0.15, 0.2) is 0 Å². The number of thiophene rings is 1. The molecule has 0 bridgehead atoms. The summed E-state index contributed by atoms with van der Waals surface area (Å²) in [5.41, 5.74) is 10.2. The summed E-state index contributed by atoms with van der Waals surface area (Å²) < 4.78 is 6.01. The van der Waals surface area contributed by atoms with E-state index < -0.39 is 0 Å². The summed E-state index contributed by atoms with van der Waals surface area (Å²) >= 11 is 1.83. The lowest BCUT2D eigenvalue weighted by atomic mass is 9.90. The van der Waals surface area contributed by atoms with Gasteiger partial charge < -0.3 is 10.5 Å². The van der Waals surface area contributed by atoms with Crippen LogP contribution >= 0.6 is 11.3 Å². The van der Waals surface area contributed by atoms with Gasteiger partial charge in [-0.25, -0.2) is 0 Å². The highest BCUT2D eigenvalue weighted by molar-refractivity contribution is 7.10. The van der Waals surface area contributed by atoms with E-state index in [9.17, 15) is 4.79 Å². The molecule has 0 unspecified atom stereocenters. The Hall–Kier alpha value is -3.41. The molecular formula is C31H34N2O2S. The molecule has 4 rings (SSSR count). The van der Waals surface area contributed by atoms with Crippen LogP contribution in [0.4, 0.5) is 0 Å². The molecule has 0 atom stereocenters. The second-order valence-electron chi connectivity index (χ2n) is 9.12. The number of hydrogen-bond donors (Lipinski definition) is 1. The van der Waals surface area contributed by atoms with E-state index in [2.05, 4.69) is 83.9 Å². The Bertz CT molecular complexity index is 1170. The van der Waals surface area contributed by atoms with Gasteiger partial charge in [0.1, 0.15) is 5.75 Å². The summed E-state index contributed by atoms with van der Waals surface area (Å²) in [6, 6.07) is 31.4. The Labute approximate surface area is 218 Å². The van der Waals surface area contributed by atoms with E-state index in [1.54, 1.807) is 0 Å². The predicted octanol–water partition coefficient (Wildman–Crippen LogP) is 6.19. The number of benzene rings is 3. The van der Waals surface area contributed by atoms with Crippen LogP contribution in [-0.2, 0) is 17.8 Å². The first-order chi connectivity index (χ1) is 17.6. The van der Waals surface area contributed by atoms with Gasteiger partial charge in [0.25, 0.3) is 0 Å². The summed E-state index contributed by atoms with van der Waals surface area (Å²) in [5.74, 6) is 0.788. The van der Waals surface area contributed by atoms with Crippen LogP contribution in [0.3, 0.4) is 0 Å². The zero-order chi connectivity index (χ0) is 25.2. The fraction of sp³-hybridized carbons (Fsp3) is 0.258. The average molecular weight is 499 g/mol. The molecule has 0 spiro atoms. The number of primary amides is 1. The Morgan fingerprint density at radius 2 is 1.56 bits per heavy atom. The van der Waals surface area contributed by atoms with E-state index in [-0.39, 0.29) is 12.3 Å². The Morgan fingerprint density at radius 3 is 2.11 bits per heavy atom. The highest BCUT2D eigenvalue weighted by Crippen LogP contribution is 2.27. The minimum absolute atomic E-state index is 0.251. The number of ether oxygens (including phenoxy) is 1. The number of carbonyl (C=O) groups is 1. The lowest BCUT2D eigenvalue weighted by Crippen LogP contribution is -2.30. The molecule has 1 aromatic heterocycles. The van der Waals surface area contributed by atoms with Gasteiger partial charge in [-0.1, -0.05) is 72.8 Å². The number of nitrogens with two attached hydrogens (primary N) is 1. The van der Waals surface area contributed by atoms with Crippen molar-refractivity contribution < 1.29 is 9.53 Å². The van der Waals surface area contributed by atoms with Gasteiger partial charge in [-0.05, 0) is 59.2 Å². The van der Waals surface area contributed by atoms with E-state index in [0.717, 1.165) is 37.4 Å². The smallest absolute Gasteiger partial charge is 0.221 e. The molecule has 5 heteroatoms. The standard InChI is InChI=1S/C31H34N2O2S/c1-24-17-20-36-30(24)23-33(18-8-19-35-28-15-13-25(14-16-28)21-31(32)34)22-29(26-9-4-2-5-10-26)27-11-6-3-7-12-27/h2-7,9-17,20,29H,8,18-19,21-23H2,1H3,(H2,32,34). The van der Waals surface area contributed by atoms with Gasteiger partial charge in [-0.3, -0.25) is 9.69 Å². The summed E-state index contributed by atoms with van der Waals surface area (Å²) in [5, 5.41) is 2.18. The lowest BCUT2D eigenvalue weighted by molar-refractivity contribution is -0.117. The molecule has 2 N–H and O–H groups in total. The van der Waals surface area contributed by atoms with Gasteiger partial charge in [-0.2, -0.15) is 0 Å². The molecule has 0 saturated heterocycles. The van der Waals surface area contributed by atoms with Crippen LogP contribution < -0.4 is 10.5 Å². The van der Waals surface area contributed by atoms with Crippen LogP contribution in [0, 0.1) is 6.92 Å². The van der Waals surface area contributed by atoms with Gasteiger partial charge in [0.05, 0.1) is 13.0 Å². The van der Waals surface area contributed by atoms with Gasteiger partial charge in [-0.15, -0.1) is 11.3 Å². The van der Waals surface area contributed by atoms with Crippen molar-refractivity contribution in [1.29, 1.82) is 0 Å². The number of rotatable bonds is 13. The average Bonchev–Trinajstić information content (AvgIpc) is 3.30. The normalized spacial score (nSPS) is 11.2. The second-order valence-corrected chi connectivity index (χ2v) is 10.1. The highest BCUT2D eigenvalue weighted by Gasteiger charge is 2.19. The van der Waals surface area contributed by atoms with Crippen LogP contribution in [-0.4, -0.2) is 30.5 Å². The summed E-state index contributed by atoms with van der Waals surface area (Å²) in [6.07, 6.45) is 1.17. The molecule has 0 radical (unpaired) electrons. The third-order valence-electron chi connectivity index (χ3n) is 6.37.